The maximum atomic E-state index is 6.70. The minimum atomic E-state index is 0.157. The molecule has 3 fully saturated rings. The summed E-state index contributed by atoms with van der Waals surface area (Å²) in [6, 6.07) is 0.789. The molecule has 3 saturated heterocycles. The number of piperazine rings is 1. The summed E-state index contributed by atoms with van der Waals surface area (Å²) in [5, 5.41) is 0. The van der Waals surface area contributed by atoms with Gasteiger partial charge in [-0.25, -0.2) is 0 Å². The van der Waals surface area contributed by atoms with E-state index in [1.807, 2.05) is 11.8 Å². The summed E-state index contributed by atoms with van der Waals surface area (Å²) in [6.45, 7) is 4.31. The lowest BCUT2D eigenvalue weighted by molar-refractivity contribution is -0.0888. The van der Waals surface area contributed by atoms with Gasteiger partial charge in [-0.05, 0) is 45.0 Å². The quantitative estimate of drug-likeness (QED) is 0.819. The summed E-state index contributed by atoms with van der Waals surface area (Å²) in [6.07, 6.45) is 3.54. The Kier molecular flexibility index (Phi) is 4.63. The number of hydrogen-bond donors (Lipinski definition) is 1. The van der Waals surface area contributed by atoms with E-state index in [9.17, 15) is 0 Å². The van der Waals surface area contributed by atoms with Crippen LogP contribution in [0.25, 0.3) is 0 Å². The van der Waals surface area contributed by atoms with Gasteiger partial charge in [0, 0.05) is 44.1 Å². The van der Waals surface area contributed by atoms with Gasteiger partial charge in [0.25, 0.3) is 0 Å². The molecule has 0 aromatic heterocycles. The number of ether oxygens (including phenoxy) is 1. The van der Waals surface area contributed by atoms with Crippen LogP contribution in [0.1, 0.15) is 19.3 Å². The summed E-state index contributed by atoms with van der Waals surface area (Å²) in [5.74, 6) is 3.06. The highest BCUT2D eigenvalue weighted by Crippen LogP contribution is 2.41. The fourth-order valence-electron chi connectivity index (χ4n) is 4.03. The van der Waals surface area contributed by atoms with Gasteiger partial charge in [-0.1, -0.05) is 0 Å². The molecule has 0 aromatic carbocycles. The predicted molar refractivity (Wildman–Crippen MR) is 85.2 cm³/mol. The van der Waals surface area contributed by atoms with Crippen LogP contribution >= 0.6 is 11.8 Å². The lowest BCUT2D eigenvalue weighted by Gasteiger charge is -2.46. The SMILES string of the molecule is CN1CCN(C)C(C(N)C2CCOC3(CCSC3)C2)C1. The Balaban J connectivity index is 1.65. The van der Waals surface area contributed by atoms with Crippen molar-refractivity contribution in [2.45, 2.75) is 36.9 Å². The summed E-state index contributed by atoms with van der Waals surface area (Å²) in [4.78, 5) is 4.89. The Morgan fingerprint density at radius 2 is 2.20 bits per heavy atom. The van der Waals surface area contributed by atoms with E-state index in [2.05, 4.69) is 23.9 Å². The van der Waals surface area contributed by atoms with Gasteiger partial charge >= 0.3 is 0 Å². The van der Waals surface area contributed by atoms with Gasteiger partial charge in [0.15, 0.2) is 0 Å². The minimum absolute atomic E-state index is 0.157. The van der Waals surface area contributed by atoms with Gasteiger partial charge in [-0.2, -0.15) is 11.8 Å². The molecule has 3 aliphatic rings. The number of thioether (sulfide) groups is 1. The summed E-state index contributed by atoms with van der Waals surface area (Å²) in [5.41, 5.74) is 6.85. The zero-order chi connectivity index (χ0) is 14.2. The topological polar surface area (TPSA) is 41.7 Å². The second kappa shape index (κ2) is 6.13. The monoisotopic (exact) mass is 299 g/mol. The molecule has 4 unspecified atom stereocenters. The van der Waals surface area contributed by atoms with Gasteiger partial charge in [0.2, 0.25) is 0 Å². The first-order chi connectivity index (χ1) is 9.60. The van der Waals surface area contributed by atoms with E-state index in [0.717, 1.165) is 32.7 Å². The van der Waals surface area contributed by atoms with Crippen molar-refractivity contribution < 1.29 is 4.74 Å². The molecule has 3 rings (SSSR count). The standard InChI is InChI=1S/C15H29N3OS/c1-17-5-6-18(2)13(10-17)14(16)12-3-7-19-15(9-12)4-8-20-11-15/h12-14H,3-11,16H2,1-2H3. The zero-order valence-corrected chi connectivity index (χ0v) is 13.7. The fourth-order valence-corrected chi connectivity index (χ4v) is 5.41. The summed E-state index contributed by atoms with van der Waals surface area (Å²) in [7, 11) is 4.45. The Morgan fingerprint density at radius 3 is 2.95 bits per heavy atom. The van der Waals surface area contributed by atoms with Crippen LogP contribution in [-0.2, 0) is 4.74 Å². The third-order valence-corrected chi connectivity index (χ3v) is 6.71. The molecule has 3 heterocycles. The van der Waals surface area contributed by atoms with Crippen molar-refractivity contribution in [2.75, 3.05) is 51.8 Å². The van der Waals surface area contributed by atoms with Crippen LogP contribution in [0.3, 0.4) is 0 Å². The molecule has 0 saturated carbocycles. The number of likely N-dealkylation sites (N-methyl/N-ethyl adjacent to an activating group) is 2. The molecule has 3 aliphatic heterocycles. The first-order valence-corrected chi connectivity index (χ1v) is 9.11. The first kappa shape index (κ1) is 15.1. The van der Waals surface area contributed by atoms with Crippen LogP contribution in [0, 0.1) is 5.92 Å². The maximum absolute atomic E-state index is 6.70. The summed E-state index contributed by atoms with van der Waals surface area (Å²) >= 11 is 2.05. The molecule has 116 valence electrons. The normalized spacial score (nSPS) is 42.1. The minimum Gasteiger partial charge on any atom is -0.374 e. The van der Waals surface area contributed by atoms with Crippen LogP contribution < -0.4 is 5.73 Å². The number of nitrogens with two attached hydrogens (primary N) is 1. The third-order valence-electron chi connectivity index (χ3n) is 5.49. The predicted octanol–water partition coefficient (Wildman–Crippen LogP) is 0.862. The van der Waals surface area contributed by atoms with E-state index in [1.54, 1.807) is 0 Å². The maximum Gasteiger partial charge on any atom is 0.0783 e. The Morgan fingerprint density at radius 1 is 1.35 bits per heavy atom. The van der Waals surface area contributed by atoms with Gasteiger partial charge in [0.05, 0.1) is 5.60 Å². The second-order valence-corrected chi connectivity index (χ2v) is 8.08. The molecule has 0 radical (unpaired) electrons. The highest BCUT2D eigenvalue weighted by molar-refractivity contribution is 7.99. The van der Waals surface area contributed by atoms with Gasteiger partial charge in [-0.3, -0.25) is 4.90 Å². The smallest absolute Gasteiger partial charge is 0.0783 e. The van der Waals surface area contributed by atoms with Crippen LogP contribution in [0.2, 0.25) is 0 Å². The largest absolute Gasteiger partial charge is 0.374 e. The number of rotatable bonds is 2. The van der Waals surface area contributed by atoms with Crippen molar-refractivity contribution in [3.63, 3.8) is 0 Å². The molecule has 1 spiro atoms. The highest BCUT2D eigenvalue weighted by atomic mass is 32.2. The average molecular weight is 299 g/mol. The van der Waals surface area contributed by atoms with E-state index in [4.69, 9.17) is 10.5 Å². The van der Waals surface area contributed by atoms with E-state index < -0.39 is 0 Å². The molecular weight excluding hydrogens is 270 g/mol. The van der Waals surface area contributed by atoms with Crippen molar-refractivity contribution in [3.05, 3.63) is 0 Å². The molecule has 4 atom stereocenters. The van der Waals surface area contributed by atoms with Crippen LogP contribution in [-0.4, -0.2) is 79.3 Å². The molecule has 20 heavy (non-hydrogen) atoms. The molecule has 0 aromatic rings. The number of hydrogen-bond acceptors (Lipinski definition) is 5. The van der Waals surface area contributed by atoms with Gasteiger partial charge in [-0.15, -0.1) is 0 Å². The van der Waals surface area contributed by atoms with Crippen molar-refractivity contribution >= 4 is 11.8 Å². The Hall–Kier alpha value is 0.190. The molecule has 2 N–H and O–H groups in total. The lowest BCUT2D eigenvalue weighted by atomic mass is 9.78. The molecular formula is C15H29N3OS. The molecule has 0 aliphatic carbocycles. The van der Waals surface area contributed by atoms with E-state index >= 15 is 0 Å². The van der Waals surface area contributed by atoms with Crippen molar-refractivity contribution in [1.82, 2.24) is 9.80 Å². The van der Waals surface area contributed by atoms with Crippen molar-refractivity contribution in [3.8, 4) is 0 Å². The zero-order valence-electron chi connectivity index (χ0n) is 12.9. The van der Waals surface area contributed by atoms with E-state index in [1.165, 1.54) is 24.3 Å². The highest BCUT2D eigenvalue weighted by Gasteiger charge is 2.44. The molecule has 4 nitrogen and oxygen atoms in total. The van der Waals surface area contributed by atoms with Crippen molar-refractivity contribution in [2.24, 2.45) is 11.7 Å². The van der Waals surface area contributed by atoms with Crippen LogP contribution in [0.15, 0.2) is 0 Å². The van der Waals surface area contributed by atoms with Crippen molar-refractivity contribution in [1.29, 1.82) is 0 Å². The molecule has 0 amide bonds. The van der Waals surface area contributed by atoms with Crippen LogP contribution in [0.4, 0.5) is 0 Å². The Bertz CT molecular complexity index is 335. The van der Waals surface area contributed by atoms with Crippen LogP contribution in [0.5, 0.6) is 0 Å². The Labute approximate surface area is 127 Å². The van der Waals surface area contributed by atoms with Gasteiger partial charge < -0.3 is 15.4 Å². The summed E-state index contributed by atoms with van der Waals surface area (Å²) < 4.78 is 6.14. The first-order valence-electron chi connectivity index (χ1n) is 7.96. The molecule has 5 heteroatoms. The third kappa shape index (κ3) is 3.02. The second-order valence-electron chi connectivity index (χ2n) is 6.97. The van der Waals surface area contributed by atoms with E-state index in [-0.39, 0.29) is 11.6 Å². The average Bonchev–Trinajstić information content (AvgIpc) is 2.88. The molecule has 0 bridgehead atoms. The van der Waals surface area contributed by atoms with Gasteiger partial charge in [0.1, 0.15) is 0 Å². The lowest BCUT2D eigenvalue weighted by Crippen LogP contribution is -2.61. The number of nitrogens with zero attached hydrogens (tertiary/aromatic N) is 2. The fraction of sp³-hybridized carbons (Fsp3) is 1.00. The van der Waals surface area contributed by atoms with E-state index in [0.29, 0.717) is 12.0 Å².